The zero-order valence-corrected chi connectivity index (χ0v) is 18.1. The molecule has 1 atom stereocenters. The summed E-state index contributed by atoms with van der Waals surface area (Å²) in [7, 11) is 1.72. The molecule has 4 nitrogen and oxygen atoms in total. The van der Waals surface area contributed by atoms with Crippen molar-refractivity contribution in [3.8, 4) is 5.75 Å². The van der Waals surface area contributed by atoms with Crippen LogP contribution in [0.3, 0.4) is 0 Å². The number of benzene rings is 1. The Morgan fingerprint density at radius 2 is 2.04 bits per heavy atom. The molecule has 150 valence electrons. The fourth-order valence-corrected chi connectivity index (χ4v) is 5.00. The van der Waals surface area contributed by atoms with Gasteiger partial charge in [-0.25, -0.2) is 4.98 Å². The van der Waals surface area contributed by atoms with Crippen LogP contribution in [-0.2, 0) is 6.42 Å². The van der Waals surface area contributed by atoms with Gasteiger partial charge >= 0.3 is 0 Å². The second kappa shape index (κ2) is 9.59. The summed E-state index contributed by atoms with van der Waals surface area (Å²) in [6.07, 6.45) is 4.21. The number of ether oxygens (including phenoxy) is 1. The maximum absolute atomic E-state index is 5.49. The summed E-state index contributed by atoms with van der Waals surface area (Å²) in [6.45, 7) is 6.54. The highest BCUT2D eigenvalue weighted by Gasteiger charge is 2.25. The van der Waals surface area contributed by atoms with Gasteiger partial charge < -0.3 is 9.64 Å². The molecule has 2 aromatic heterocycles. The second-order valence-electron chi connectivity index (χ2n) is 7.22. The number of aromatic nitrogens is 1. The van der Waals surface area contributed by atoms with Crippen LogP contribution in [0, 0.1) is 0 Å². The van der Waals surface area contributed by atoms with Gasteiger partial charge in [0.1, 0.15) is 0 Å². The van der Waals surface area contributed by atoms with Gasteiger partial charge in [-0.1, -0.05) is 18.2 Å². The first kappa shape index (κ1) is 20.9. The van der Waals surface area contributed by atoms with E-state index in [1.807, 2.05) is 29.7 Å². The van der Waals surface area contributed by atoms with Crippen LogP contribution in [0.2, 0.25) is 0 Å². The fourth-order valence-electron chi connectivity index (χ4n) is 4.00. The molecule has 0 radical (unpaired) electrons. The monoisotopic (exact) mass is 417 g/mol. The molecule has 6 heteroatoms. The van der Waals surface area contributed by atoms with Gasteiger partial charge in [-0.3, -0.25) is 4.90 Å². The van der Waals surface area contributed by atoms with Gasteiger partial charge in [0.15, 0.2) is 11.6 Å². The Bertz CT molecular complexity index is 900. The Kier molecular flexibility index (Phi) is 7.16. The topological polar surface area (TPSA) is 28.6 Å². The number of fused-ring (bicyclic) bond motifs is 1. The van der Waals surface area contributed by atoms with Gasteiger partial charge in [0, 0.05) is 36.6 Å². The summed E-state index contributed by atoms with van der Waals surface area (Å²) in [5.74, 6) is 1.83. The normalized spacial score (nSPS) is 17.5. The molecule has 1 fully saturated rings. The Balaban J connectivity index is 0.00000225. The zero-order valence-electron chi connectivity index (χ0n) is 16.5. The molecule has 3 aromatic rings. The molecule has 0 aliphatic carbocycles. The van der Waals surface area contributed by atoms with E-state index in [0.29, 0.717) is 6.04 Å². The van der Waals surface area contributed by atoms with E-state index in [2.05, 4.69) is 51.4 Å². The van der Waals surface area contributed by atoms with Crippen molar-refractivity contribution in [2.24, 2.45) is 0 Å². The van der Waals surface area contributed by atoms with Crippen LogP contribution in [0.4, 0.5) is 5.82 Å². The third kappa shape index (κ3) is 4.43. The van der Waals surface area contributed by atoms with Crippen molar-refractivity contribution >= 4 is 39.6 Å². The van der Waals surface area contributed by atoms with Crippen LogP contribution < -0.4 is 9.64 Å². The van der Waals surface area contributed by atoms with Crippen molar-refractivity contribution in [2.45, 2.75) is 25.8 Å². The van der Waals surface area contributed by atoms with Crippen molar-refractivity contribution in [3.63, 3.8) is 0 Å². The standard InChI is InChI=1S/C22H27N3OS.ClH/c1-17-15-25(22-20(26-2)9-5-11-23-22)14-13-24(17)12-6-7-18-16-27-21-10-4-3-8-19(18)21;/h3-5,8-11,16-17H,6-7,12-15H2,1-2H3;1H. The number of rotatable bonds is 6. The molecular weight excluding hydrogens is 390 g/mol. The summed E-state index contributed by atoms with van der Waals surface area (Å²) in [5, 5.41) is 3.77. The molecule has 0 N–H and O–H groups in total. The average Bonchev–Trinajstić information content (AvgIpc) is 3.12. The maximum atomic E-state index is 5.49. The lowest BCUT2D eigenvalue weighted by Crippen LogP contribution is -2.52. The fraction of sp³-hybridized carbons (Fsp3) is 0.409. The smallest absolute Gasteiger partial charge is 0.171 e. The number of anilines is 1. The van der Waals surface area contributed by atoms with Gasteiger partial charge in [-0.05, 0) is 60.8 Å². The van der Waals surface area contributed by atoms with E-state index in [4.69, 9.17) is 4.74 Å². The number of hydrogen-bond acceptors (Lipinski definition) is 5. The predicted molar refractivity (Wildman–Crippen MR) is 121 cm³/mol. The lowest BCUT2D eigenvalue weighted by molar-refractivity contribution is 0.186. The van der Waals surface area contributed by atoms with Crippen molar-refractivity contribution < 1.29 is 4.74 Å². The molecule has 1 saturated heterocycles. The third-order valence-electron chi connectivity index (χ3n) is 5.49. The number of thiophene rings is 1. The Hall–Kier alpha value is -1.82. The predicted octanol–water partition coefficient (Wildman–Crippen LogP) is 4.87. The van der Waals surface area contributed by atoms with Crippen LogP contribution in [0.25, 0.3) is 10.1 Å². The molecule has 1 aliphatic heterocycles. The highest BCUT2D eigenvalue weighted by molar-refractivity contribution is 7.17. The number of methoxy groups -OCH3 is 1. The molecule has 1 aliphatic rings. The van der Waals surface area contributed by atoms with E-state index in [0.717, 1.165) is 44.2 Å². The first-order chi connectivity index (χ1) is 13.3. The van der Waals surface area contributed by atoms with Crippen molar-refractivity contribution in [2.75, 3.05) is 38.2 Å². The minimum Gasteiger partial charge on any atom is -0.493 e. The lowest BCUT2D eigenvalue weighted by atomic mass is 10.1. The SMILES string of the molecule is COc1cccnc1N1CCN(CCCc2csc3ccccc23)C(C)C1.Cl. The van der Waals surface area contributed by atoms with E-state index in [1.54, 1.807) is 7.11 Å². The summed E-state index contributed by atoms with van der Waals surface area (Å²) in [5.41, 5.74) is 1.50. The first-order valence-electron chi connectivity index (χ1n) is 9.69. The zero-order chi connectivity index (χ0) is 18.6. The molecule has 0 spiro atoms. The number of piperazine rings is 1. The summed E-state index contributed by atoms with van der Waals surface area (Å²) < 4.78 is 6.89. The molecule has 0 amide bonds. The number of nitrogens with zero attached hydrogens (tertiary/aromatic N) is 3. The minimum absolute atomic E-state index is 0. The van der Waals surface area contributed by atoms with Crippen LogP contribution in [0.1, 0.15) is 18.9 Å². The van der Waals surface area contributed by atoms with Crippen LogP contribution in [-0.4, -0.2) is 49.2 Å². The van der Waals surface area contributed by atoms with Crippen molar-refractivity contribution in [1.29, 1.82) is 0 Å². The molecule has 1 aromatic carbocycles. The van der Waals surface area contributed by atoms with Gasteiger partial charge in [0.2, 0.25) is 0 Å². The molecule has 28 heavy (non-hydrogen) atoms. The number of halogens is 1. The summed E-state index contributed by atoms with van der Waals surface area (Å²) >= 11 is 1.86. The highest BCUT2D eigenvalue weighted by Crippen LogP contribution is 2.28. The Labute approximate surface area is 177 Å². The molecule has 4 rings (SSSR count). The van der Waals surface area contributed by atoms with Gasteiger partial charge in [0.25, 0.3) is 0 Å². The van der Waals surface area contributed by atoms with E-state index >= 15 is 0 Å². The van der Waals surface area contributed by atoms with E-state index in [9.17, 15) is 0 Å². The van der Waals surface area contributed by atoms with Crippen molar-refractivity contribution in [3.05, 3.63) is 53.5 Å². The molecule has 0 bridgehead atoms. The molecule has 0 saturated carbocycles. The summed E-state index contributed by atoms with van der Waals surface area (Å²) in [6, 6.07) is 13.2. The summed E-state index contributed by atoms with van der Waals surface area (Å²) in [4.78, 5) is 9.51. The lowest BCUT2D eigenvalue weighted by Gasteiger charge is -2.40. The van der Waals surface area contributed by atoms with Crippen LogP contribution in [0.5, 0.6) is 5.75 Å². The van der Waals surface area contributed by atoms with Crippen molar-refractivity contribution in [1.82, 2.24) is 9.88 Å². The average molecular weight is 418 g/mol. The molecule has 1 unspecified atom stereocenters. The molecule has 3 heterocycles. The minimum atomic E-state index is 0. The van der Waals surface area contributed by atoms with Gasteiger partial charge in [-0.2, -0.15) is 0 Å². The third-order valence-corrected chi connectivity index (χ3v) is 6.50. The first-order valence-corrected chi connectivity index (χ1v) is 10.6. The largest absolute Gasteiger partial charge is 0.493 e. The quantitative estimate of drug-likeness (QED) is 0.572. The number of hydrogen-bond donors (Lipinski definition) is 0. The highest BCUT2D eigenvalue weighted by atomic mass is 35.5. The van der Waals surface area contributed by atoms with Crippen LogP contribution in [0.15, 0.2) is 48.0 Å². The Morgan fingerprint density at radius 1 is 1.18 bits per heavy atom. The Morgan fingerprint density at radius 3 is 2.86 bits per heavy atom. The van der Waals surface area contributed by atoms with Crippen LogP contribution >= 0.6 is 23.7 Å². The molecular formula is C22H28ClN3OS. The van der Waals surface area contributed by atoms with E-state index in [-0.39, 0.29) is 12.4 Å². The number of aryl methyl sites for hydroxylation is 1. The second-order valence-corrected chi connectivity index (χ2v) is 8.13. The van der Waals surface area contributed by atoms with Gasteiger partial charge in [-0.15, -0.1) is 23.7 Å². The van der Waals surface area contributed by atoms with E-state index in [1.165, 1.54) is 22.1 Å². The van der Waals surface area contributed by atoms with E-state index < -0.39 is 0 Å². The number of pyridine rings is 1. The van der Waals surface area contributed by atoms with Gasteiger partial charge in [0.05, 0.1) is 7.11 Å². The maximum Gasteiger partial charge on any atom is 0.171 e.